The van der Waals surface area contributed by atoms with Gasteiger partial charge in [0.2, 0.25) is 5.78 Å². The van der Waals surface area contributed by atoms with Crippen molar-refractivity contribution in [2.24, 2.45) is 0 Å². The molecule has 8 nitrogen and oxygen atoms in total. The molecule has 9 heteroatoms. The van der Waals surface area contributed by atoms with Crippen molar-refractivity contribution < 1.29 is 27.3 Å². The normalized spacial score (nSPS) is 11.2. The third kappa shape index (κ3) is 4.87. The quantitative estimate of drug-likeness (QED) is 0.304. The second kappa shape index (κ2) is 8.42. The van der Waals surface area contributed by atoms with E-state index in [9.17, 15) is 28.1 Å². The SMILES string of the molecule is CC(=O)c1cccc(CC(=O)c2ccc(CS(=O)(=O)c3ccc([N+](=O)[O-])cc3)o2)c1. The van der Waals surface area contributed by atoms with Crippen molar-refractivity contribution in [3.05, 3.63) is 93.4 Å². The average molecular weight is 427 g/mol. The number of hydrogen-bond donors (Lipinski definition) is 0. The number of furan rings is 1. The summed E-state index contributed by atoms with van der Waals surface area (Å²) in [6.07, 6.45) is 0.00315. The molecule has 0 amide bonds. The van der Waals surface area contributed by atoms with E-state index in [0.717, 1.165) is 24.3 Å². The number of nitro groups is 1. The lowest BCUT2D eigenvalue weighted by molar-refractivity contribution is -0.384. The minimum atomic E-state index is -3.81. The van der Waals surface area contributed by atoms with E-state index in [1.165, 1.54) is 19.1 Å². The Bertz CT molecular complexity index is 1220. The van der Waals surface area contributed by atoms with Crippen LogP contribution < -0.4 is 0 Å². The van der Waals surface area contributed by atoms with Gasteiger partial charge in [-0.05, 0) is 42.8 Å². The lowest BCUT2D eigenvalue weighted by Crippen LogP contribution is -2.05. The Labute approximate surface area is 172 Å². The van der Waals surface area contributed by atoms with Gasteiger partial charge in [0.05, 0.1) is 9.82 Å². The molecule has 1 heterocycles. The third-order valence-corrected chi connectivity index (χ3v) is 6.03. The minimum Gasteiger partial charge on any atom is -0.457 e. The molecule has 0 aliphatic carbocycles. The lowest BCUT2D eigenvalue weighted by atomic mass is 10.0. The van der Waals surface area contributed by atoms with Crippen molar-refractivity contribution in [3.63, 3.8) is 0 Å². The van der Waals surface area contributed by atoms with E-state index in [0.29, 0.717) is 11.1 Å². The van der Waals surface area contributed by atoms with Crippen LogP contribution in [0.2, 0.25) is 0 Å². The van der Waals surface area contributed by atoms with Gasteiger partial charge < -0.3 is 4.42 Å². The second-order valence-electron chi connectivity index (χ2n) is 6.63. The van der Waals surface area contributed by atoms with Crippen molar-refractivity contribution in [1.29, 1.82) is 0 Å². The Morgan fingerprint density at radius 3 is 2.37 bits per heavy atom. The minimum absolute atomic E-state index is 0.00315. The Kier molecular flexibility index (Phi) is 5.93. The number of non-ortho nitro benzene ring substituents is 1. The molecule has 0 aliphatic rings. The molecule has 3 rings (SSSR count). The number of carbonyl (C=O) groups is 2. The van der Waals surface area contributed by atoms with Gasteiger partial charge in [0.25, 0.3) is 5.69 Å². The number of nitrogens with zero attached hydrogens (tertiary/aromatic N) is 1. The second-order valence-corrected chi connectivity index (χ2v) is 8.62. The molecule has 3 aromatic rings. The van der Waals surface area contributed by atoms with Gasteiger partial charge in [-0.25, -0.2) is 8.42 Å². The van der Waals surface area contributed by atoms with Crippen molar-refractivity contribution in [1.82, 2.24) is 0 Å². The van der Waals surface area contributed by atoms with Gasteiger partial charge in [-0.3, -0.25) is 19.7 Å². The number of nitro benzene ring substituents is 1. The molecule has 0 fully saturated rings. The summed E-state index contributed by atoms with van der Waals surface area (Å²) in [6.45, 7) is 1.44. The van der Waals surface area contributed by atoms with Crippen LogP contribution in [0.3, 0.4) is 0 Å². The average Bonchev–Trinajstić information content (AvgIpc) is 3.16. The summed E-state index contributed by atoms with van der Waals surface area (Å²) in [5.41, 5.74) is 0.924. The first-order valence-corrected chi connectivity index (χ1v) is 10.5. The van der Waals surface area contributed by atoms with Gasteiger partial charge in [-0.1, -0.05) is 18.2 Å². The number of benzene rings is 2. The molecule has 0 N–H and O–H groups in total. The van der Waals surface area contributed by atoms with Gasteiger partial charge >= 0.3 is 0 Å². The van der Waals surface area contributed by atoms with E-state index < -0.39 is 20.5 Å². The highest BCUT2D eigenvalue weighted by Crippen LogP contribution is 2.21. The van der Waals surface area contributed by atoms with Crippen LogP contribution in [-0.4, -0.2) is 24.9 Å². The molecule has 0 bridgehead atoms. The summed E-state index contributed by atoms with van der Waals surface area (Å²) >= 11 is 0. The summed E-state index contributed by atoms with van der Waals surface area (Å²) in [7, 11) is -3.81. The fraction of sp³-hybridized carbons (Fsp3) is 0.143. The molecule has 0 spiro atoms. The van der Waals surface area contributed by atoms with E-state index in [1.54, 1.807) is 24.3 Å². The molecular formula is C21H17NO7S. The van der Waals surface area contributed by atoms with Crippen LogP contribution in [0.25, 0.3) is 0 Å². The Morgan fingerprint density at radius 1 is 1.03 bits per heavy atom. The number of sulfone groups is 1. The van der Waals surface area contributed by atoms with Gasteiger partial charge in [-0.15, -0.1) is 0 Å². The van der Waals surface area contributed by atoms with Crippen LogP contribution in [0.15, 0.2) is 70.0 Å². The molecule has 154 valence electrons. The summed E-state index contributed by atoms with van der Waals surface area (Å²) in [5.74, 6) is -0.861. The molecule has 0 unspecified atom stereocenters. The fourth-order valence-electron chi connectivity index (χ4n) is 2.82. The molecule has 0 atom stereocenters. The van der Waals surface area contributed by atoms with E-state index >= 15 is 0 Å². The number of ketones is 2. The zero-order chi connectivity index (χ0) is 21.9. The Hall–Kier alpha value is -3.59. The van der Waals surface area contributed by atoms with Crippen molar-refractivity contribution in [2.45, 2.75) is 24.0 Å². The number of Topliss-reactive ketones (excluding diaryl/α,β-unsaturated/α-hetero) is 2. The number of carbonyl (C=O) groups excluding carboxylic acids is 2. The number of hydrogen-bond acceptors (Lipinski definition) is 7. The first-order chi connectivity index (χ1) is 14.2. The highest BCUT2D eigenvalue weighted by atomic mass is 32.2. The van der Waals surface area contributed by atoms with Crippen LogP contribution in [0, 0.1) is 10.1 Å². The molecule has 1 aromatic heterocycles. The maximum absolute atomic E-state index is 12.5. The molecular weight excluding hydrogens is 410 g/mol. The molecule has 0 aliphatic heterocycles. The zero-order valence-electron chi connectivity index (χ0n) is 15.9. The molecule has 0 saturated heterocycles. The van der Waals surface area contributed by atoms with Crippen LogP contribution in [-0.2, 0) is 22.0 Å². The standard InChI is InChI=1S/C21H17NO7S/c1-14(23)16-4-2-3-15(11-16)12-20(24)21-10-7-18(29-21)13-30(27,28)19-8-5-17(6-9-19)22(25)26/h2-11H,12-13H2,1H3. The van der Waals surface area contributed by atoms with Gasteiger partial charge in [-0.2, -0.15) is 0 Å². The fourth-order valence-corrected chi connectivity index (χ4v) is 4.07. The highest BCUT2D eigenvalue weighted by molar-refractivity contribution is 7.90. The Balaban J connectivity index is 1.72. The van der Waals surface area contributed by atoms with Gasteiger partial charge in [0, 0.05) is 24.1 Å². The van der Waals surface area contributed by atoms with Crippen LogP contribution in [0.1, 0.15) is 39.2 Å². The van der Waals surface area contributed by atoms with Crippen LogP contribution >= 0.6 is 0 Å². The maximum atomic E-state index is 12.5. The van der Waals surface area contributed by atoms with Crippen molar-refractivity contribution in [2.75, 3.05) is 0 Å². The largest absolute Gasteiger partial charge is 0.457 e. The summed E-state index contributed by atoms with van der Waals surface area (Å²) in [6, 6.07) is 14.0. The van der Waals surface area contributed by atoms with Crippen LogP contribution in [0.5, 0.6) is 0 Å². The first kappa shape index (κ1) is 21.1. The van der Waals surface area contributed by atoms with E-state index in [-0.39, 0.29) is 40.1 Å². The van der Waals surface area contributed by atoms with E-state index in [2.05, 4.69) is 0 Å². The lowest BCUT2D eigenvalue weighted by Gasteiger charge is -2.03. The topological polar surface area (TPSA) is 125 Å². The molecule has 2 aromatic carbocycles. The smallest absolute Gasteiger partial charge is 0.269 e. The van der Waals surface area contributed by atoms with Gasteiger partial charge in [0.1, 0.15) is 11.5 Å². The zero-order valence-corrected chi connectivity index (χ0v) is 16.7. The van der Waals surface area contributed by atoms with E-state index in [4.69, 9.17) is 4.42 Å². The predicted octanol–water partition coefficient (Wildman–Crippen LogP) is 3.79. The third-order valence-electron chi connectivity index (χ3n) is 4.37. The summed E-state index contributed by atoms with van der Waals surface area (Å²) < 4.78 is 30.4. The highest BCUT2D eigenvalue weighted by Gasteiger charge is 2.20. The summed E-state index contributed by atoms with van der Waals surface area (Å²) in [5, 5.41) is 10.7. The summed E-state index contributed by atoms with van der Waals surface area (Å²) in [4.78, 5) is 33.9. The maximum Gasteiger partial charge on any atom is 0.269 e. The van der Waals surface area contributed by atoms with Crippen molar-refractivity contribution >= 4 is 27.1 Å². The van der Waals surface area contributed by atoms with Gasteiger partial charge in [0.15, 0.2) is 21.4 Å². The number of rotatable bonds is 8. The monoisotopic (exact) mass is 427 g/mol. The molecule has 0 saturated carbocycles. The Morgan fingerprint density at radius 2 is 1.73 bits per heavy atom. The predicted molar refractivity (Wildman–Crippen MR) is 107 cm³/mol. The molecule has 0 radical (unpaired) electrons. The van der Waals surface area contributed by atoms with E-state index in [1.807, 2.05) is 0 Å². The van der Waals surface area contributed by atoms with Crippen LogP contribution in [0.4, 0.5) is 5.69 Å². The first-order valence-electron chi connectivity index (χ1n) is 8.85. The van der Waals surface area contributed by atoms with Crippen molar-refractivity contribution in [3.8, 4) is 0 Å². The molecule has 30 heavy (non-hydrogen) atoms.